The fourth-order valence-electron chi connectivity index (χ4n) is 5.47. The van der Waals surface area contributed by atoms with Crippen molar-refractivity contribution in [1.29, 1.82) is 0 Å². The van der Waals surface area contributed by atoms with Crippen molar-refractivity contribution >= 4 is 56.4 Å². The number of hydrazine groups is 1. The van der Waals surface area contributed by atoms with Crippen LogP contribution in [0.15, 0.2) is 46.0 Å². The Morgan fingerprint density at radius 3 is 2.56 bits per heavy atom. The van der Waals surface area contributed by atoms with Gasteiger partial charge in [0.2, 0.25) is 0 Å². The molecule has 0 bridgehead atoms. The van der Waals surface area contributed by atoms with E-state index in [0.717, 1.165) is 48.8 Å². The minimum absolute atomic E-state index is 0.00624. The van der Waals surface area contributed by atoms with Crippen LogP contribution in [0.3, 0.4) is 0 Å². The first-order valence-electron chi connectivity index (χ1n) is 12.1. The Kier molecular flexibility index (Phi) is 7.66. The van der Waals surface area contributed by atoms with Gasteiger partial charge >= 0.3 is 0 Å². The van der Waals surface area contributed by atoms with Gasteiger partial charge in [-0.1, -0.05) is 70.2 Å². The summed E-state index contributed by atoms with van der Waals surface area (Å²) in [6.45, 7) is 3.69. The second-order valence-electron chi connectivity index (χ2n) is 9.51. The van der Waals surface area contributed by atoms with Crippen molar-refractivity contribution < 1.29 is 4.79 Å². The smallest absolute Gasteiger partial charge is 0.281 e. The fourth-order valence-corrected chi connectivity index (χ4v) is 6.31. The van der Waals surface area contributed by atoms with Gasteiger partial charge in [0.25, 0.3) is 5.91 Å². The van der Waals surface area contributed by atoms with Gasteiger partial charge in [-0.15, -0.1) is 0 Å². The second-order valence-corrected chi connectivity index (χ2v) is 11.3. The van der Waals surface area contributed by atoms with Crippen molar-refractivity contribution in [3.8, 4) is 0 Å². The summed E-state index contributed by atoms with van der Waals surface area (Å²) in [6.07, 6.45) is 13.2. The molecule has 1 saturated heterocycles. The molecule has 5 rings (SSSR count). The highest BCUT2D eigenvalue weighted by atomic mass is 79.9. The molecule has 1 aromatic carbocycles. The zero-order valence-corrected chi connectivity index (χ0v) is 22.2. The van der Waals surface area contributed by atoms with Crippen LogP contribution in [0.5, 0.6) is 0 Å². The Bertz CT molecular complexity index is 1010. The van der Waals surface area contributed by atoms with E-state index in [-0.39, 0.29) is 17.9 Å². The van der Waals surface area contributed by atoms with Gasteiger partial charge in [0.05, 0.1) is 16.8 Å². The monoisotopic (exact) mass is 565 g/mol. The van der Waals surface area contributed by atoms with Gasteiger partial charge in [-0.2, -0.15) is 5.10 Å². The lowest BCUT2D eigenvalue weighted by Crippen LogP contribution is -2.56. The van der Waals surface area contributed by atoms with Crippen LogP contribution in [0, 0.1) is 5.92 Å². The molecule has 1 amide bonds. The number of nitrogens with one attached hydrogen (secondary N) is 1. The summed E-state index contributed by atoms with van der Waals surface area (Å²) in [5.41, 5.74) is 4.42. The average molecular weight is 567 g/mol. The fraction of sp³-hybridized carbons (Fsp3) is 0.520. The Balaban J connectivity index is 1.28. The molecule has 6 nitrogen and oxygen atoms in total. The van der Waals surface area contributed by atoms with Gasteiger partial charge in [-0.25, -0.2) is 5.01 Å². The summed E-state index contributed by atoms with van der Waals surface area (Å²) in [5, 5.41) is 9.84. The van der Waals surface area contributed by atoms with E-state index in [2.05, 4.69) is 44.5 Å². The van der Waals surface area contributed by atoms with Crippen LogP contribution in [0.25, 0.3) is 0 Å². The Morgan fingerprint density at radius 2 is 1.88 bits per heavy atom. The zero-order chi connectivity index (χ0) is 23.7. The third kappa shape index (κ3) is 5.39. The SMILES string of the molecule is O=C(NN1CCN(C2CCCC2)CC1)C1=NN(c2ccc(Cl)cc2Cl)C(C2C=CC(Br)=CC2)C1. The van der Waals surface area contributed by atoms with E-state index < -0.39 is 0 Å². The summed E-state index contributed by atoms with van der Waals surface area (Å²) < 4.78 is 1.08. The zero-order valence-electron chi connectivity index (χ0n) is 19.1. The average Bonchev–Trinajstić information content (AvgIpc) is 3.51. The molecule has 2 unspecified atom stereocenters. The van der Waals surface area contributed by atoms with Crippen LogP contribution in [0.2, 0.25) is 10.0 Å². The van der Waals surface area contributed by atoms with Gasteiger partial charge < -0.3 is 0 Å². The predicted octanol–water partition coefficient (Wildman–Crippen LogP) is 5.37. The lowest BCUT2D eigenvalue weighted by molar-refractivity contribution is -0.120. The number of amides is 1. The summed E-state index contributed by atoms with van der Waals surface area (Å²) in [7, 11) is 0. The number of allylic oxidation sites excluding steroid dienone is 3. The first-order chi connectivity index (χ1) is 16.5. The van der Waals surface area contributed by atoms with Crippen LogP contribution in [-0.2, 0) is 4.79 Å². The van der Waals surface area contributed by atoms with E-state index in [1.165, 1.54) is 25.7 Å². The normalized spacial score (nSPS) is 26.6. The molecule has 1 aromatic rings. The van der Waals surface area contributed by atoms with Crippen molar-refractivity contribution in [3.63, 3.8) is 0 Å². The number of carbonyl (C=O) groups excluding carboxylic acids is 1. The van der Waals surface area contributed by atoms with E-state index in [4.69, 9.17) is 28.3 Å². The highest BCUT2D eigenvalue weighted by Crippen LogP contribution is 2.38. The second kappa shape index (κ2) is 10.7. The number of halogens is 3. The molecule has 2 heterocycles. The molecule has 9 heteroatoms. The maximum Gasteiger partial charge on any atom is 0.281 e. The Hall–Kier alpha value is -1.38. The summed E-state index contributed by atoms with van der Waals surface area (Å²) in [4.78, 5) is 15.8. The van der Waals surface area contributed by atoms with Gasteiger partial charge in [0.1, 0.15) is 5.71 Å². The number of piperazine rings is 1. The molecule has 0 spiro atoms. The summed E-state index contributed by atoms with van der Waals surface area (Å²) >= 11 is 16.2. The summed E-state index contributed by atoms with van der Waals surface area (Å²) in [6, 6.07) is 6.15. The highest BCUT2D eigenvalue weighted by Gasteiger charge is 2.37. The molecule has 2 fully saturated rings. The quantitative estimate of drug-likeness (QED) is 0.520. The molecule has 1 N–H and O–H groups in total. The first-order valence-corrected chi connectivity index (χ1v) is 13.7. The van der Waals surface area contributed by atoms with Gasteiger partial charge in [-0.05, 0) is 37.5 Å². The maximum absolute atomic E-state index is 13.2. The standard InChI is InChI=1S/C25H30BrCl2N5O/c26-18-7-5-17(6-8-18)24-16-22(29-33(24)23-10-9-19(27)15-21(23)28)25(34)30-32-13-11-31(12-14-32)20-3-1-2-4-20/h5,7-10,15,17,20,24H,1-4,6,11-14,16H2,(H,30,34). The van der Waals surface area contributed by atoms with Crippen LogP contribution in [0.4, 0.5) is 5.69 Å². The third-order valence-electron chi connectivity index (χ3n) is 7.36. The molecule has 2 aliphatic heterocycles. The number of hydrogen-bond donors (Lipinski definition) is 1. The van der Waals surface area contributed by atoms with Crippen molar-refractivity contribution in [3.05, 3.63) is 51.0 Å². The van der Waals surface area contributed by atoms with Gasteiger partial charge in [0.15, 0.2) is 0 Å². The number of anilines is 1. The number of hydrogen-bond acceptors (Lipinski definition) is 5. The molecule has 0 aromatic heterocycles. The van der Waals surface area contributed by atoms with Crippen LogP contribution in [-0.4, -0.2) is 59.8 Å². The van der Waals surface area contributed by atoms with Crippen molar-refractivity contribution in [2.75, 3.05) is 31.2 Å². The first kappa shape index (κ1) is 24.3. The number of hydrazone groups is 1. The van der Waals surface area contributed by atoms with Crippen LogP contribution >= 0.6 is 39.1 Å². The lowest BCUT2D eigenvalue weighted by atomic mass is 9.89. The Morgan fingerprint density at radius 1 is 1.12 bits per heavy atom. The van der Waals surface area contributed by atoms with E-state index in [0.29, 0.717) is 22.2 Å². The number of carbonyl (C=O) groups is 1. The van der Waals surface area contributed by atoms with Gasteiger partial charge in [0, 0.05) is 54.1 Å². The maximum atomic E-state index is 13.2. The number of benzene rings is 1. The van der Waals surface area contributed by atoms with Crippen LogP contribution < -0.4 is 10.4 Å². The molecule has 34 heavy (non-hydrogen) atoms. The number of nitrogens with zero attached hydrogens (tertiary/aromatic N) is 4. The molecular weight excluding hydrogens is 537 g/mol. The van der Waals surface area contributed by atoms with Crippen molar-refractivity contribution in [2.45, 2.75) is 50.6 Å². The van der Waals surface area contributed by atoms with Crippen molar-refractivity contribution in [2.24, 2.45) is 11.0 Å². The minimum Gasteiger partial charge on any atom is -0.298 e. The van der Waals surface area contributed by atoms with E-state index in [1.54, 1.807) is 6.07 Å². The molecular formula is C25H30BrCl2N5O. The minimum atomic E-state index is -0.122. The highest BCUT2D eigenvalue weighted by molar-refractivity contribution is 9.11. The molecule has 2 aliphatic carbocycles. The molecule has 0 radical (unpaired) electrons. The molecule has 2 atom stereocenters. The molecule has 182 valence electrons. The topological polar surface area (TPSA) is 51.2 Å². The predicted molar refractivity (Wildman–Crippen MR) is 143 cm³/mol. The van der Waals surface area contributed by atoms with Crippen LogP contribution in [0.1, 0.15) is 38.5 Å². The van der Waals surface area contributed by atoms with E-state index in [9.17, 15) is 4.79 Å². The Labute approximate surface area is 219 Å². The lowest BCUT2D eigenvalue weighted by Gasteiger charge is -2.37. The largest absolute Gasteiger partial charge is 0.298 e. The third-order valence-corrected chi connectivity index (χ3v) is 8.49. The van der Waals surface area contributed by atoms with E-state index in [1.807, 2.05) is 22.2 Å². The number of rotatable bonds is 5. The van der Waals surface area contributed by atoms with E-state index >= 15 is 0 Å². The molecule has 1 saturated carbocycles. The molecule has 4 aliphatic rings. The van der Waals surface area contributed by atoms with Gasteiger partial charge in [-0.3, -0.25) is 20.1 Å². The summed E-state index contributed by atoms with van der Waals surface area (Å²) in [5.74, 6) is 0.0977. The van der Waals surface area contributed by atoms with Crippen molar-refractivity contribution in [1.82, 2.24) is 15.3 Å².